The molecule has 0 bridgehead atoms. The van der Waals surface area contributed by atoms with E-state index in [2.05, 4.69) is 29.1 Å². The average molecular weight is 307 g/mol. The van der Waals surface area contributed by atoms with Crippen LogP contribution in [-0.2, 0) is 6.42 Å². The third-order valence-electron chi connectivity index (χ3n) is 3.53. The molecule has 0 saturated heterocycles. The van der Waals surface area contributed by atoms with E-state index in [1.807, 2.05) is 12.1 Å². The Bertz CT molecular complexity index is 542. The van der Waals surface area contributed by atoms with Crippen LogP contribution in [0, 0.1) is 5.82 Å². The van der Waals surface area contributed by atoms with Crippen LogP contribution < -0.4 is 10.1 Å². The van der Waals surface area contributed by atoms with E-state index in [1.54, 1.807) is 18.4 Å². The zero-order valence-corrected chi connectivity index (χ0v) is 13.4. The van der Waals surface area contributed by atoms with Gasteiger partial charge in [0.05, 0.1) is 7.11 Å². The van der Waals surface area contributed by atoms with Crippen LogP contribution in [0.1, 0.15) is 36.9 Å². The summed E-state index contributed by atoms with van der Waals surface area (Å²) in [5.74, 6) is 0.358. The smallest absolute Gasteiger partial charge is 0.131 e. The van der Waals surface area contributed by atoms with E-state index in [9.17, 15) is 4.39 Å². The molecule has 0 amide bonds. The van der Waals surface area contributed by atoms with Crippen molar-refractivity contribution >= 4 is 11.3 Å². The van der Waals surface area contributed by atoms with Crippen molar-refractivity contribution in [3.63, 3.8) is 0 Å². The van der Waals surface area contributed by atoms with Crippen LogP contribution in [0.5, 0.6) is 5.75 Å². The number of aryl methyl sites for hydroxylation is 1. The predicted molar refractivity (Wildman–Crippen MR) is 86.6 cm³/mol. The second-order valence-electron chi connectivity index (χ2n) is 5.06. The van der Waals surface area contributed by atoms with Gasteiger partial charge in [0.15, 0.2) is 0 Å². The molecular formula is C17H22FNOS. The van der Waals surface area contributed by atoms with Crippen LogP contribution in [-0.4, -0.2) is 13.7 Å². The number of hydrogen-bond acceptors (Lipinski definition) is 3. The summed E-state index contributed by atoms with van der Waals surface area (Å²) in [5.41, 5.74) is 2.04. The molecule has 4 heteroatoms. The monoisotopic (exact) mass is 307 g/mol. The van der Waals surface area contributed by atoms with Gasteiger partial charge in [0.1, 0.15) is 11.6 Å². The molecule has 1 heterocycles. The summed E-state index contributed by atoms with van der Waals surface area (Å²) in [6.07, 6.45) is 2.88. The van der Waals surface area contributed by atoms with Gasteiger partial charge in [0.25, 0.3) is 0 Å². The zero-order valence-electron chi connectivity index (χ0n) is 12.6. The first-order valence-electron chi connectivity index (χ1n) is 7.32. The highest BCUT2D eigenvalue weighted by Gasteiger charge is 2.16. The minimum atomic E-state index is -0.201. The van der Waals surface area contributed by atoms with Crippen molar-refractivity contribution in [2.45, 2.75) is 32.2 Å². The normalized spacial score (nSPS) is 12.3. The molecule has 1 atom stereocenters. The van der Waals surface area contributed by atoms with Crippen molar-refractivity contribution in [1.29, 1.82) is 0 Å². The summed E-state index contributed by atoms with van der Waals surface area (Å²) in [5, 5.41) is 7.68. The maximum absolute atomic E-state index is 14.3. The van der Waals surface area contributed by atoms with Crippen LogP contribution >= 0.6 is 11.3 Å². The molecule has 0 fully saturated rings. The Morgan fingerprint density at radius 2 is 2.19 bits per heavy atom. The van der Waals surface area contributed by atoms with Crippen molar-refractivity contribution in [2.75, 3.05) is 13.7 Å². The van der Waals surface area contributed by atoms with E-state index in [4.69, 9.17) is 4.74 Å². The van der Waals surface area contributed by atoms with Gasteiger partial charge in [-0.3, -0.25) is 0 Å². The van der Waals surface area contributed by atoms with E-state index < -0.39 is 0 Å². The van der Waals surface area contributed by atoms with Crippen LogP contribution in [0.25, 0.3) is 0 Å². The van der Waals surface area contributed by atoms with Gasteiger partial charge in [-0.15, -0.1) is 0 Å². The molecule has 1 aromatic carbocycles. The van der Waals surface area contributed by atoms with Crippen LogP contribution in [0.3, 0.4) is 0 Å². The first kappa shape index (κ1) is 16.0. The summed E-state index contributed by atoms with van der Waals surface area (Å²) in [6, 6.07) is 7.28. The Morgan fingerprint density at radius 3 is 2.81 bits per heavy atom. The molecule has 1 aromatic heterocycles. The largest absolute Gasteiger partial charge is 0.497 e. The van der Waals surface area contributed by atoms with E-state index in [0.29, 0.717) is 5.75 Å². The molecule has 1 unspecified atom stereocenters. The van der Waals surface area contributed by atoms with Gasteiger partial charge in [0, 0.05) is 17.7 Å². The van der Waals surface area contributed by atoms with Crippen molar-refractivity contribution in [3.05, 3.63) is 52.0 Å². The number of halogens is 1. The van der Waals surface area contributed by atoms with Crippen molar-refractivity contribution < 1.29 is 9.13 Å². The Balaban J connectivity index is 2.10. The van der Waals surface area contributed by atoms with Gasteiger partial charge in [-0.25, -0.2) is 4.39 Å². The Morgan fingerprint density at radius 1 is 1.33 bits per heavy atom. The molecule has 1 N–H and O–H groups in total. The number of methoxy groups -OCH3 is 1. The van der Waals surface area contributed by atoms with Crippen molar-refractivity contribution in [1.82, 2.24) is 5.32 Å². The Kier molecular flexibility index (Phi) is 6.21. The fraction of sp³-hybridized carbons (Fsp3) is 0.412. The number of thiophene rings is 1. The molecule has 0 spiro atoms. The number of benzene rings is 1. The molecule has 2 nitrogen and oxygen atoms in total. The molecule has 21 heavy (non-hydrogen) atoms. The second-order valence-corrected chi connectivity index (χ2v) is 5.84. The average Bonchev–Trinajstić information content (AvgIpc) is 3.01. The standard InChI is InChI=1S/C17H22FNOS/c1-3-9-19-17(7-4-13-8-10-21-12-13)15-6-5-14(20-2)11-16(15)18/h5-6,8,10-12,17,19H,3-4,7,9H2,1-2H3. The van der Waals surface area contributed by atoms with Crippen LogP contribution in [0.2, 0.25) is 0 Å². The summed E-state index contributed by atoms with van der Waals surface area (Å²) in [4.78, 5) is 0. The molecular weight excluding hydrogens is 285 g/mol. The minimum absolute atomic E-state index is 0.0377. The van der Waals surface area contributed by atoms with Gasteiger partial charge >= 0.3 is 0 Å². The summed E-state index contributed by atoms with van der Waals surface area (Å²) < 4.78 is 19.3. The molecule has 0 saturated carbocycles. The number of rotatable bonds is 8. The topological polar surface area (TPSA) is 21.3 Å². The first-order valence-corrected chi connectivity index (χ1v) is 8.26. The Labute approximate surface area is 130 Å². The molecule has 0 aliphatic carbocycles. The maximum atomic E-state index is 14.3. The van der Waals surface area contributed by atoms with E-state index in [1.165, 1.54) is 11.6 Å². The lowest BCUT2D eigenvalue weighted by molar-refractivity contribution is 0.408. The highest BCUT2D eigenvalue weighted by Crippen LogP contribution is 2.25. The number of ether oxygens (including phenoxy) is 1. The van der Waals surface area contributed by atoms with Crippen molar-refractivity contribution in [2.24, 2.45) is 0 Å². The molecule has 114 valence electrons. The summed E-state index contributed by atoms with van der Waals surface area (Å²) >= 11 is 1.70. The molecule has 0 radical (unpaired) electrons. The van der Waals surface area contributed by atoms with Gasteiger partial charge < -0.3 is 10.1 Å². The molecule has 2 aromatic rings. The zero-order chi connectivity index (χ0) is 15.1. The molecule has 2 rings (SSSR count). The van der Waals surface area contributed by atoms with E-state index in [0.717, 1.165) is 31.4 Å². The molecule has 0 aliphatic heterocycles. The summed E-state index contributed by atoms with van der Waals surface area (Å²) in [6.45, 7) is 3.01. The highest BCUT2D eigenvalue weighted by molar-refractivity contribution is 7.07. The second kappa shape index (κ2) is 8.15. The van der Waals surface area contributed by atoms with E-state index >= 15 is 0 Å². The lowest BCUT2D eigenvalue weighted by atomic mass is 9.99. The number of nitrogens with one attached hydrogen (secondary N) is 1. The van der Waals surface area contributed by atoms with Gasteiger partial charge in [-0.2, -0.15) is 11.3 Å². The quantitative estimate of drug-likeness (QED) is 0.771. The SMILES string of the molecule is CCCNC(CCc1ccsc1)c1ccc(OC)cc1F. The lowest BCUT2D eigenvalue weighted by Gasteiger charge is -2.20. The maximum Gasteiger partial charge on any atom is 0.131 e. The van der Waals surface area contributed by atoms with Gasteiger partial charge in [-0.05, 0) is 54.3 Å². The fourth-order valence-corrected chi connectivity index (χ4v) is 3.05. The number of hydrogen-bond donors (Lipinski definition) is 1. The molecule has 0 aliphatic rings. The fourth-order valence-electron chi connectivity index (χ4n) is 2.35. The first-order chi connectivity index (χ1) is 10.2. The minimum Gasteiger partial charge on any atom is -0.497 e. The third-order valence-corrected chi connectivity index (χ3v) is 4.26. The Hall–Kier alpha value is -1.39. The predicted octanol–water partition coefficient (Wildman–Crippen LogP) is 4.57. The third kappa shape index (κ3) is 4.55. The van der Waals surface area contributed by atoms with Crippen LogP contribution in [0.4, 0.5) is 4.39 Å². The van der Waals surface area contributed by atoms with Crippen LogP contribution in [0.15, 0.2) is 35.0 Å². The van der Waals surface area contributed by atoms with Crippen molar-refractivity contribution in [3.8, 4) is 5.75 Å². The van der Waals surface area contributed by atoms with Gasteiger partial charge in [-0.1, -0.05) is 13.0 Å². The van der Waals surface area contributed by atoms with Gasteiger partial charge in [0.2, 0.25) is 0 Å². The lowest BCUT2D eigenvalue weighted by Crippen LogP contribution is -2.23. The summed E-state index contributed by atoms with van der Waals surface area (Å²) in [7, 11) is 1.55. The highest BCUT2D eigenvalue weighted by atomic mass is 32.1. The van der Waals surface area contributed by atoms with E-state index in [-0.39, 0.29) is 11.9 Å².